The standard InChI is InChI=1S/C14H16ClN3O3.ClH/c1-19-11-6-9(5-10(15)12(11)20-2)13-17-14(21-18-13)8-3-4-16-7-8;/h5-6,8,16H,3-4,7H2,1-2H3;1H/t8-;/m0./s1. The van der Waals surface area contributed by atoms with Crippen molar-refractivity contribution in [2.45, 2.75) is 12.3 Å². The van der Waals surface area contributed by atoms with Gasteiger partial charge in [-0.05, 0) is 25.1 Å². The molecule has 22 heavy (non-hydrogen) atoms. The molecule has 1 aromatic carbocycles. The van der Waals surface area contributed by atoms with E-state index in [0.29, 0.717) is 28.2 Å². The van der Waals surface area contributed by atoms with Crippen LogP contribution in [0, 0.1) is 0 Å². The number of hydrogen-bond donors (Lipinski definition) is 1. The molecule has 1 aliphatic rings. The smallest absolute Gasteiger partial charge is 0.231 e. The SMILES string of the molecule is COc1cc(-c2noc([C@H]3CCNC3)n2)cc(Cl)c1OC.Cl. The van der Waals surface area contributed by atoms with Gasteiger partial charge < -0.3 is 19.3 Å². The zero-order chi connectivity index (χ0) is 14.8. The fourth-order valence-corrected chi connectivity index (χ4v) is 2.72. The lowest BCUT2D eigenvalue weighted by Gasteiger charge is -2.10. The molecule has 8 heteroatoms. The third-order valence-electron chi connectivity index (χ3n) is 3.54. The van der Waals surface area contributed by atoms with E-state index in [1.54, 1.807) is 26.4 Å². The highest BCUT2D eigenvalue weighted by atomic mass is 35.5. The molecule has 2 heterocycles. The van der Waals surface area contributed by atoms with Crippen molar-refractivity contribution in [3.8, 4) is 22.9 Å². The Morgan fingerprint density at radius 1 is 1.32 bits per heavy atom. The molecule has 2 aromatic rings. The summed E-state index contributed by atoms with van der Waals surface area (Å²) in [7, 11) is 3.10. The largest absolute Gasteiger partial charge is 0.493 e. The van der Waals surface area contributed by atoms with Crippen molar-refractivity contribution >= 4 is 24.0 Å². The normalized spacial score (nSPS) is 17.1. The predicted molar refractivity (Wildman–Crippen MR) is 85.3 cm³/mol. The van der Waals surface area contributed by atoms with Gasteiger partial charge in [-0.15, -0.1) is 12.4 Å². The lowest BCUT2D eigenvalue weighted by molar-refractivity contribution is 0.355. The quantitative estimate of drug-likeness (QED) is 0.918. The Kier molecular flexibility index (Phi) is 5.50. The molecule has 0 radical (unpaired) electrons. The maximum atomic E-state index is 6.20. The van der Waals surface area contributed by atoms with Crippen LogP contribution in [0.5, 0.6) is 11.5 Å². The number of hydrogen-bond acceptors (Lipinski definition) is 6. The van der Waals surface area contributed by atoms with Gasteiger partial charge in [-0.3, -0.25) is 0 Å². The van der Waals surface area contributed by atoms with Crippen molar-refractivity contribution in [2.75, 3.05) is 27.3 Å². The molecule has 1 fully saturated rings. The second-order valence-corrected chi connectivity index (χ2v) is 5.25. The number of rotatable bonds is 4. The summed E-state index contributed by atoms with van der Waals surface area (Å²) in [6.45, 7) is 1.85. The van der Waals surface area contributed by atoms with Gasteiger partial charge in [0, 0.05) is 12.1 Å². The zero-order valence-electron chi connectivity index (χ0n) is 12.3. The monoisotopic (exact) mass is 345 g/mol. The first-order chi connectivity index (χ1) is 10.2. The van der Waals surface area contributed by atoms with Crippen LogP contribution in [0.4, 0.5) is 0 Å². The summed E-state index contributed by atoms with van der Waals surface area (Å²) in [5.74, 6) is 2.46. The molecule has 1 atom stereocenters. The van der Waals surface area contributed by atoms with E-state index in [2.05, 4.69) is 15.5 Å². The number of nitrogens with one attached hydrogen (secondary N) is 1. The van der Waals surface area contributed by atoms with E-state index < -0.39 is 0 Å². The minimum Gasteiger partial charge on any atom is -0.493 e. The molecular weight excluding hydrogens is 329 g/mol. The predicted octanol–water partition coefficient (Wildman–Crippen LogP) is 2.91. The maximum absolute atomic E-state index is 6.20. The topological polar surface area (TPSA) is 69.4 Å². The van der Waals surface area contributed by atoms with Gasteiger partial charge in [-0.2, -0.15) is 4.98 Å². The van der Waals surface area contributed by atoms with Gasteiger partial charge in [0.05, 0.1) is 25.2 Å². The molecule has 1 N–H and O–H groups in total. The van der Waals surface area contributed by atoms with E-state index in [1.807, 2.05) is 0 Å². The van der Waals surface area contributed by atoms with Crippen LogP contribution in [0.25, 0.3) is 11.4 Å². The van der Waals surface area contributed by atoms with E-state index in [4.69, 9.17) is 25.6 Å². The molecular formula is C14H17Cl2N3O3. The lowest BCUT2D eigenvalue weighted by atomic mass is 10.1. The number of benzene rings is 1. The number of methoxy groups -OCH3 is 2. The van der Waals surface area contributed by atoms with Gasteiger partial charge in [-0.1, -0.05) is 16.8 Å². The third-order valence-corrected chi connectivity index (χ3v) is 3.82. The van der Waals surface area contributed by atoms with Gasteiger partial charge in [0.2, 0.25) is 11.7 Å². The van der Waals surface area contributed by atoms with Crippen LogP contribution >= 0.6 is 24.0 Å². The van der Waals surface area contributed by atoms with Crippen molar-refractivity contribution in [2.24, 2.45) is 0 Å². The Labute approximate surface area is 139 Å². The van der Waals surface area contributed by atoms with Gasteiger partial charge in [0.15, 0.2) is 11.5 Å². The van der Waals surface area contributed by atoms with Crippen LogP contribution in [0.1, 0.15) is 18.2 Å². The number of aromatic nitrogens is 2. The Balaban J connectivity index is 0.00000176. The van der Waals surface area contributed by atoms with Crippen molar-refractivity contribution < 1.29 is 14.0 Å². The van der Waals surface area contributed by atoms with E-state index in [-0.39, 0.29) is 18.3 Å². The highest BCUT2D eigenvalue weighted by molar-refractivity contribution is 6.32. The highest BCUT2D eigenvalue weighted by Gasteiger charge is 2.23. The Morgan fingerprint density at radius 2 is 2.14 bits per heavy atom. The van der Waals surface area contributed by atoms with Crippen molar-refractivity contribution in [3.63, 3.8) is 0 Å². The Bertz CT molecular complexity index is 642. The van der Waals surface area contributed by atoms with Crippen LogP contribution in [0.15, 0.2) is 16.7 Å². The van der Waals surface area contributed by atoms with Crippen LogP contribution in [0.2, 0.25) is 5.02 Å². The molecule has 0 bridgehead atoms. The molecule has 0 saturated carbocycles. The fourth-order valence-electron chi connectivity index (χ4n) is 2.43. The van der Waals surface area contributed by atoms with Crippen LogP contribution < -0.4 is 14.8 Å². The second kappa shape index (κ2) is 7.17. The summed E-state index contributed by atoms with van der Waals surface area (Å²) < 4.78 is 15.9. The van der Waals surface area contributed by atoms with E-state index in [1.165, 1.54) is 0 Å². The van der Waals surface area contributed by atoms with E-state index in [0.717, 1.165) is 25.1 Å². The minimum atomic E-state index is 0. The summed E-state index contributed by atoms with van der Waals surface area (Å²) in [4.78, 5) is 4.46. The molecule has 6 nitrogen and oxygen atoms in total. The third kappa shape index (κ3) is 3.14. The van der Waals surface area contributed by atoms with Gasteiger partial charge in [-0.25, -0.2) is 0 Å². The van der Waals surface area contributed by atoms with E-state index >= 15 is 0 Å². The van der Waals surface area contributed by atoms with Gasteiger partial charge >= 0.3 is 0 Å². The Hall–Kier alpha value is -1.50. The fraction of sp³-hybridized carbons (Fsp3) is 0.429. The number of halogens is 2. The summed E-state index contributed by atoms with van der Waals surface area (Å²) in [5, 5.41) is 7.76. The first-order valence-corrected chi connectivity index (χ1v) is 7.07. The van der Waals surface area contributed by atoms with Crippen LogP contribution in [0.3, 0.4) is 0 Å². The molecule has 1 aromatic heterocycles. The average Bonchev–Trinajstić information content (AvgIpc) is 3.16. The molecule has 120 valence electrons. The van der Waals surface area contributed by atoms with Crippen LogP contribution in [-0.4, -0.2) is 37.4 Å². The number of ether oxygens (including phenoxy) is 2. The molecule has 3 rings (SSSR count). The molecule has 1 aliphatic heterocycles. The maximum Gasteiger partial charge on any atom is 0.231 e. The van der Waals surface area contributed by atoms with Gasteiger partial charge in [0.25, 0.3) is 0 Å². The number of nitrogens with zero attached hydrogens (tertiary/aromatic N) is 2. The molecule has 0 amide bonds. The molecule has 0 spiro atoms. The summed E-state index contributed by atoms with van der Waals surface area (Å²) in [6, 6.07) is 3.52. The molecule has 0 unspecified atom stereocenters. The summed E-state index contributed by atoms with van der Waals surface area (Å²) in [6.07, 6.45) is 1.01. The molecule has 0 aliphatic carbocycles. The highest BCUT2D eigenvalue weighted by Crippen LogP contribution is 2.38. The Morgan fingerprint density at radius 3 is 2.77 bits per heavy atom. The van der Waals surface area contributed by atoms with Crippen molar-refractivity contribution in [1.82, 2.24) is 15.5 Å². The first-order valence-electron chi connectivity index (χ1n) is 6.69. The molecule has 1 saturated heterocycles. The lowest BCUT2D eigenvalue weighted by Crippen LogP contribution is -2.08. The summed E-state index contributed by atoms with van der Waals surface area (Å²) >= 11 is 6.20. The van der Waals surface area contributed by atoms with Crippen LogP contribution in [-0.2, 0) is 0 Å². The average molecular weight is 346 g/mol. The second-order valence-electron chi connectivity index (χ2n) is 4.84. The van der Waals surface area contributed by atoms with Crippen molar-refractivity contribution in [3.05, 3.63) is 23.0 Å². The minimum absolute atomic E-state index is 0. The zero-order valence-corrected chi connectivity index (χ0v) is 13.8. The van der Waals surface area contributed by atoms with Crippen molar-refractivity contribution in [1.29, 1.82) is 0 Å². The summed E-state index contributed by atoms with van der Waals surface area (Å²) in [5.41, 5.74) is 0.735. The van der Waals surface area contributed by atoms with Gasteiger partial charge in [0.1, 0.15) is 0 Å². The first kappa shape index (κ1) is 16.9. The van der Waals surface area contributed by atoms with E-state index in [9.17, 15) is 0 Å².